The first-order chi connectivity index (χ1) is 22.3. The number of hydrogen-bond acceptors (Lipinski definition) is 12. The van der Waals surface area contributed by atoms with Crippen molar-refractivity contribution >= 4 is 34.6 Å². The van der Waals surface area contributed by atoms with Gasteiger partial charge >= 0.3 is 11.9 Å². The van der Waals surface area contributed by atoms with Gasteiger partial charge in [0.05, 0.1) is 31.2 Å². The first-order valence-corrected chi connectivity index (χ1v) is 15.7. The van der Waals surface area contributed by atoms with E-state index in [1.165, 1.54) is 44.2 Å². The number of rotatable bonds is 11. The average Bonchev–Trinajstić information content (AvgIpc) is 3.86. The summed E-state index contributed by atoms with van der Waals surface area (Å²) in [4.78, 5) is 43.1. The van der Waals surface area contributed by atoms with Crippen molar-refractivity contribution in [2.75, 3.05) is 13.2 Å². The Bertz CT molecular complexity index is 2020. The van der Waals surface area contributed by atoms with E-state index in [4.69, 9.17) is 9.47 Å². The second kappa shape index (κ2) is 13.4. The molecule has 2 aromatic carbocycles. The summed E-state index contributed by atoms with van der Waals surface area (Å²) in [6.07, 6.45) is 3.19. The van der Waals surface area contributed by atoms with Crippen LogP contribution in [-0.2, 0) is 22.6 Å². The maximum absolute atomic E-state index is 15.1. The lowest BCUT2D eigenvalue weighted by Gasteiger charge is -2.08. The summed E-state index contributed by atoms with van der Waals surface area (Å²) >= 11 is 2.53. The topological polar surface area (TPSA) is 140 Å². The summed E-state index contributed by atoms with van der Waals surface area (Å²) in [7, 11) is 0. The molecule has 12 nitrogen and oxygen atoms in total. The lowest BCUT2D eigenvalue weighted by atomic mass is 10.1. The van der Waals surface area contributed by atoms with Crippen LogP contribution in [0.4, 0.5) is 8.78 Å². The average molecular weight is 663 g/mol. The molecule has 0 aliphatic heterocycles. The van der Waals surface area contributed by atoms with Crippen LogP contribution in [0.3, 0.4) is 0 Å². The molecule has 4 aromatic heterocycles. The molecular weight excluding hydrogens is 639 g/mol. The SMILES string of the molecule is CCOC(=O)c1nc(-c2nccs2)n(Cc2cc(-c3cnc(-c4nc(C(=O)OCC)n(Cc5ccccc5F)n4)s3)ccc2F)n1. The molecule has 0 bridgehead atoms. The highest BCUT2D eigenvalue weighted by atomic mass is 32.1. The molecule has 0 aliphatic carbocycles. The second-order valence-electron chi connectivity index (χ2n) is 9.54. The molecule has 0 fully saturated rings. The normalized spacial score (nSPS) is 11.1. The van der Waals surface area contributed by atoms with Crippen LogP contribution >= 0.6 is 22.7 Å². The van der Waals surface area contributed by atoms with Crippen LogP contribution in [0.5, 0.6) is 0 Å². The Morgan fingerprint density at radius 2 is 1.61 bits per heavy atom. The molecule has 6 rings (SSSR count). The molecule has 16 heteroatoms. The molecule has 0 spiro atoms. The molecule has 4 heterocycles. The largest absolute Gasteiger partial charge is 0.460 e. The van der Waals surface area contributed by atoms with Crippen LogP contribution in [0.1, 0.15) is 46.2 Å². The number of hydrogen-bond donors (Lipinski definition) is 0. The third kappa shape index (κ3) is 6.43. The molecule has 0 saturated heterocycles. The third-order valence-corrected chi connectivity index (χ3v) is 8.32. The quantitative estimate of drug-likeness (QED) is 0.163. The summed E-state index contributed by atoms with van der Waals surface area (Å²) in [6, 6.07) is 10.8. The Labute approximate surface area is 268 Å². The lowest BCUT2D eigenvalue weighted by Crippen LogP contribution is -2.15. The summed E-state index contributed by atoms with van der Waals surface area (Å²) in [6.45, 7) is 3.53. The van der Waals surface area contributed by atoms with Crippen LogP contribution in [0.15, 0.2) is 60.2 Å². The van der Waals surface area contributed by atoms with Gasteiger partial charge in [-0.15, -0.1) is 32.9 Å². The van der Waals surface area contributed by atoms with Crippen molar-refractivity contribution in [3.05, 3.63) is 94.6 Å². The molecule has 0 saturated carbocycles. The van der Waals surface area contributed by atoms with Crippen molar-refractivity contribution in [3.63, 3.8) is 0 Å². The van der Waals surface area contributed by atoms with Crippen molar-refractivity contribution in [1.29, 1.82) is 0 Å². The van der Waals surface area contributed by atoms with Gasteiger partial charge in [-0.25, -0.2) is 37.7 Å². The highest BCUT2D eigenvalue weighted by Crippen LogP contribution is 2.32. The van der Waals surface area contributed by atoms with Crippen molar-refractivity contribution in [1.82, 2.24) is 39.5 Å². The highest BCUT2D eigenvalue weighted by molar-refractivity contribution is 7.18. The van der Waals surface area contributed by atoms with E-state index in [9.17, 15) is 14.0 Å². The van der Waals surface area contributed by atoms with Gasteiger partial charge in [-0.1, -0.05) is 24.3 Å². The molecule has 0 aliphatic rings. The Morgan fingerprint density at radius 3 is 2.37 bits per heavy atom. The van der Waals surface area contributed by atoms with Crippen molar-refractivity contribution in [2.24, 2.45) is 0 Å². The summed E-state index contributed by atoms with van der Waals surface area (Å²) in [5, 5.41) is 11.4. The summed E-state index contributed by atoms with van der Waals surface area (Å²) in [5.74, 6) is -2.11. The van der Waals surface area contributed by atoms with E-state index in [1.54, 1.807) is 62.0 Å². The second-order valence-corrected chi connectivity index (χ2v) is 11.5. The third-order valence-electron chi connectivity index (χ3n) is 6.51. The lowest BCUT2D eigenvalue weighted by molar-refractivity contribution is 0.0498. The van der Waals surface area contributed by atoms with Gasteiger partial charge in [0, 0.05) is 28.9 Å². The monoisotopic (exact) mass is 662 g/mol. The number of carbonyl (C=O) groups is 2. The number of nitrogens with zero attached hydrogens (tertiary/aromatic N) is 8. The minimum atomic E-state index is -0.700. The Hall–Kier alpha value is -5.22. The van der Waals surface area contributed by atoms with Gasteiger partial charge < -0.3 is 9.47 Å². The standard InChI is InChI=1S/C30H24F2N8O4S2/c1-3-43-29(41)24-36-25(28-33-11-12-45-28)39(38-24)16-19-13-17(9-10-21(19)32)22-14-34-27(46-22)23-35-26(30(42)44-4-2)40(37-23)15-18-7-5-6-8-20(18)31/h5-14H,3-4,15-16H2,1-2H3. The summed E-state index contributed by atoms with van der Waals surface area (Å²) in [5.41, 5.74) is 1.25. The van der Waals surface area contributed by atoms with Gasteiger partial charge in [0.15, 0.2) is 15.8 Å². The molecule has 0 unspecified atom stereocenters. The molecule has 0 radical (unpaired) electrons. The maximum Gasteiger partial charge on any atom is 0.378 e. The Kier molecular flexibility index (Phi) is 8.98. The van der Waals surface area contributed by atoms with E-state index in [-0.39, 0.29) is 49.3 Å². The fourth-order valence-corrected chi connectivity index (χ4v) is 5.90. The van der Waals surface area contributed by atoms with Gasteiger partial charge in [0.1, 0.15) is 11.6 Å². The fourth-order valence-electron chi connectivity index (χ4n) is 4.43. The molecule has 234 valence electrons. The number of benzene rings is 2. The van der Waals surface area contributed by atoms with E-state index in [0.29, 0.717) is 31.8 Å². The van der Waals surface area contributed by atoms with Gasteiger partial charge in [0.2, 0.25) is 11.6 Å². The molecule has 0 amide bonds. The Balaban J connectivity index is 1.30. The van der Waals surface area contributed by atoms with Gasteiger partial charge in [-0.2, -0.15) is 9.97 Å². The van der Waals surface area contributed by atoms with Crippen LogP contribution in [0, 0.1) is 11.6 Å². The number of thiazole rings is 2. The predicted octanol–water partition coefficient (Wildman–Crippen LogP) is 5.51. The van der Waals surface area contributed by atoms with E-state index in [1.807, 2.05) is 0 Å². The number of aromatic nitrogens is 8. The fraction of sp³-hybridized carbons (Fsp3) is 0.200. The first kappa shape index (κ1) is 30.8. The predicted molar refractivity (Wildman–Crippen MR) is 164 cm³/mol. The zero-order valence-electron chi connectivity index (χ0n) is 24.4. The minimum absolute atomic E-state index is 0.0441. The minimum Gasteiger partial charge on any atom is -0.460 e. The first-order valence-electron chi connectivity index (χ1n) is 14.0. The van der Waals surface area contributed by atoms with E-state index >= 15 is 4.39 Å². The van der Waals surface area contributed by atoms with Crippen LogP contribution in [-0.4, -0.2) is 64.6 Å². The zero-order chi connectivity index (χ0) is 32.2. The van der Waals surface area contributed by atoms with Gasteiger partial charge in [0.25, 0.3) is 5.82 Å². The van der Waals surface area contributed by atoms with Crippen molar-refractivity contribution < 1.29 is 27.8 Å². The molecule has 6 aromatic rings. The van der Waals surface area contributed by atoms with Crippen molar-refractivity contribution in [2.45, 2.75) is 26.9 Å². The molecule has 46 heavy (non-hydrogen) atoms. The number of halogens is 2. The molecular formula is C30H24F2N8O4S2. The molecule has 0 N–H and O–H groups in total. The van der Waals surface area contributed by atoms with E-state index in [0.717, 1.165) is 0 Å². The van der Waals surface area contributed by atoms with E-state index in [2.05, 4.69) is 30.1 Å². The molecule has 0 atom stereocenters. The van der Waals surface area contributed by atoms with Crippen LogP contribution in [0.2, 0.25) is 0 Å². The van der Waals surface area contributed by atoms with E-state index < -0.39 is 23.6 Å². The van der Waals surface area contributed by atoms with Crippen LogP contribution in [0.25, 0.3) is 32.1 Å². The maximum atomic E-state index is 15.1. The Morgan fingerprint density at radius 1 is 0.848 bits per heavy atom. The zero-order valence-corrected chi connectivity index (χ0v) is 26.0. The highest BCUT2D eigenvalue weighted by Gasteiger charge is 2.24. The van der Waals surface area contributed by atoms with Gasteiger partial charge in [-0.05, 0) is 37.6 Å². The van der Waals surface area contributed by atoms with Crippen molar-refractivity contribution in [3.8, 4) is 32.1 Å². The van der Waals surface area contributed by atoms with Gasteiger partial charge in [-0.3, -0.25) is 0 Å². The van der Waals surface area contributed by atoms with Crippen LogP contribution < -0.4 is 0 Å². The number of esters is 2. The smallest absolute Gasteiger partial charge is 0.378 e. The summed E-state index contributed by atoms with van der Waals surface area (Å²) < 4.78 is 42.4. The number of carbonyl (C=O) groups excluding carboxylic acids is 2. The number of ether oxygens (including phenoxy) is 2.